The van der Waals surface area contributed by atoms with Crippen molar-refractivity contribution >= 4 is 11.7 Å². The lowest BCUT2D eigenvalue weighted by atomic mass is 9.98. The molecule has 0 radical (unpaired) electrons. The van der Waals surface area contributed by atoms with E-state index < -0.39 is 0 Å². The maximum absolute atomic E-state index is 13.0. The molecule has 138 valence electrons. The predicted octanol–water partition coefficient (Wildman–Crippen LogP) is 3.54. The van der Waals surface area contributed by atoms with E-state index in [0.29, 0.717) is 30.5 Å². The Bertz CT molecular complexity index is 929. The maximum Gasteiger partial charge on any atom is 0.321 e. The van der Waals surface area contributed by atoms with Crippen molar-refractivity contribution in [3.63, 3.8) is 0 Å². The molecule has 0 bridgehead atoms. The van der Waals surface area contributed by atoms with Gasteiger partial charge in [-0.25, -0.2) is 9.18 Å². The van der Waals surface area contributed by atoms with Crippen molar-refractivity contribution in [3.05, 3.63) is 60.5 Å². The molecule has 7 nitrogen and oxygen atoms in total. The van der Waals surface area contributed by atoms with E-state index in [2.05, 4.69) is 20.4 Å². The van der Waals surface area contributed by atoms with E-state index in [0.717, 1.165) is 5.56 Å². The fourth-order valence-corrected chi connectivity index (χ4v) is 3.19. The molecule has 0 aliphatic carbocycles. The standard InChI is InChI=1S/C19H18FN5O2/c1-12-10-25(19(26)22-15-6-4-14(20)5-7-15)11-16(12)18-23-17(24-27-18)13-3-2-8-21-9-13/h2-9,12,16H,10-11H2,1H3,(H,22,26). The van der Waals surface area contributed by atoms with E-state index in [-0.39, 0.29) is 23.7 Å². The molecule has 1 aliphatic heterocycles. The topological polar surface area (TPSA) is 84.2 Å². The van der Waals surface area contributed by atoms with E-state index in [1.54, 1.807) is 17.3 Å². The van der Waals surface area contributed by atoms with Gasteiger partial charge in [0.25, 0.3) is 0 Å². The van der Waals surface area contributed by atoms with Crippen LogP contribution < -0.4 is 5.32 Å². The van der Waals surface area contributed by atoms with Gasteiger partial charge in [-0.3, -0.25) is 4.98 Å². The predicted molar refractivity (Wildman–Crippen MR) is 96.4 cm³/mol. The number of urea groups is 1. The molecule has 1 aliphatic rings. The average molecular weight is 367 g/mol. The zero-order valence-electron chi connectivity index (χ0n) is 14.7. The highest BCUT2D eigenvalue weighted by Gasteiger charge is 2.37. The van der Waals surface area contributed by atoms with Crippen molar-refractivity contribution in [1.29, 1.82) is 0 Å². The summed E-state index contributed by atoms with van der Waals surface area (Å²) < 4.78 is 18.4. The number of aromatic nitrogens is 3. The Morgan fingerprint density at radius 1 is 1.26 bits per heavy atom. The molecule has 4 rings (SSSR count). The molecular weight excluding hydrogens is 349 g/mol. The summed E-state index contributed by atoms with van der Waals surface area (Å²) in [6.07, 6.45) is 3.36. The van der Waals surface area contributed by atoms with E-state index in [4.69, 9.17) is 4.52 Å². The minimum atomic E-state index is -0.344. The van der Waals surface area contributed by atoms with Gasteiger partial charge in [-0.1, -0.05) is 12.1 Å². The summed E-state index contributed by atoms with van der Waals surface area (Å²) in [5.74, 6) is 0.787. The molecule has 8 heteroatoms. The number of anilines is 1. The van der Waals surface area contributed by atoms with Crippen LogP contribution >= 0.6 is 0 Å². The van der Waals surface area contributed by atoms with Gasteiger partial charge in [-0.2, -0.15) is 4.98 Å². The summed E-state index contributed by atoms with van der Waals surface area (Å²) in [5.41, 5.74) is 1.33. The molecule has 1 N–H and O–H groups in total. The number of rotatable bonds is 3. The van der Waals surface area contributed by atoms with Crippen LogP contribution in [-0.2, 0) is 0 Å². The summed E-state index contributed by atoms with van der Waals surface area (Å²) in [4.78, 5) is 22.7. The zero-order valence-corrected chi connectivity index (χ0v) is 14.7. The van der Waals surface area contributed by atoms with Gasteiger partial charge in [-0.05, 0) is 42.3 Å². The SMILES string of the molecule is CC1CN(C(=O)Nc2ccc(F)cc2)CC1c1nc(-c2cccnc2)no1. The highest BCUT2D eigenvalue weighted by Crippen LogP contribution is 2.32. The second-order valence-electron chi connectivity index (χ2n) is 6.62. The van der Waals surface area contributed by atoms with Crippen molar-refractivity contribution in [2.24, 2.45) is 5.92 Å². The number of nitrogens with zero attached hydrogens (tertiary/aromatic N) is 4. The second-order valence-corrected chi connectivity index (χ2v) is 6.62. The van der Waals surface area contributed by atoms with Gasteiger partial charge in [0.2, 0.25) is 11.7 Å². The Hall–Kier alpha value is -3.29. The Morgan fingerprint density at radius 2 is 2.07 bits per heavy atom. The lowest BCUT2D eigenvalue weighted by Crippen LogP contribution is -2.33. The van der Waals surface area contributed by atoms with Crippen molar-refractivity contribution in [3.8, 4) is 11.4 Å². The van der Waals surface area contributed by atoms with Crippen LogP contribution in [0, 0.1) is 11.7 Å². The maximum atomic E-state index is 13.0. The molecule has 1 fully saturated rings. The van der Waals surface area contributed by atoms with Crippen LogP contribution in [0.5, 0.6) is 0 Å². The van der Waals surface area contributed by atoms with Crippen LogP contribution in [-0.4, -0.2) is 39.1 Å². The van der Waals surface area contributed by atoms with Crippen LogP contribution in [0.4, 0.5) is 14.9 Å². The molecule has 2 atom stereocenters. The molecule has 1 aromatic carbocycles. The first-order valence-corrected chi connectivity index (χ1v) is 8.65. The van der Waals surface area contributed by atoms with Gasteiger partial charge >= 0.3 is 6.03 Å². The Kier molecular flexibility index (Phi) is 4.53. The lowest BCUT2D eigenvalue weighted by Gasteiger charge is -2.16. The first-order valence-electron chi connectivity index (χ1n) is 8.65. The van der Waals surface area contributed by atoms with Crippen molar-refractivity contribution in [1.82, 2.24) is 20.0 Å². The average Bonchev–Trinajstić information content (AvgIpc) is 3.31. The van der Waals surface area contributed by atoms with Gasteiger partial charge in [0.1, 0.15) is 5.82 Å². The number of nitrogens with one attached hydrogen (secondary N) is 1. The third-order valence-electron chi connectivity index (χ3n) is 4.67. The Labute approximate surface area is 155 Å². The van der Waals surface area contributed by atoms with Crippen LogP contribution in [0.1, 0.15) is 18.7 Å². The number of benzene rings is 1. The molecule has 3 heterocycles. The van der Waals surface area contributed by atoms with Gasteiger partial charge in [-0.15, -0.1) is 0 Å². The van der Waals surface area contributed by atoms with E-state index in [1.165, 1.54) is 24.3 Å². The highest BCUT2D eigenvalue weighted by atomic mass is 19.1. The summed E-state index contributed by atoms with van der Waals surface area (Å²) >= 11 is 0. The molecule has 0 spiro atoms. The van der Waals surface area contributed by atoms with Gasteiger partial charge in [0.05, 0.1) is 5.92 Å². The molecule has 0 saturated carbocycles. The normalized spacial score (nSPS) is 19.3. The zero-order chi connectivity index (χ0) is 18.8. The number of amides is 2. The number of carbonyl (C=O) groups is 1. The summed E-state index contributed by atoms with van der Waals surface area (Å²) in [5, 5.41) is 6.81. The van der Waals surface area contributed by atoms with E-state index in [1.807, 2.05) is 19.1 Å². The molecule has 1 saturated heterocycles. The molecule has 27 heavy (non-hydrogen) atoms. The third-order valence-corrected chi connectivity index (χ3v) is 4.67. The smallest absolute Gasteiger partial charge is 0.321 e. The number of hydrogen-bond donors (Lipinski definition) is 1. The number of halogens is 1. The largest absolute Gasteiger partial charge is 0.339 e. The summed E-state index contributed by atoms with van der Waals surface area (Å²) in [7, 11) is 0. The quantitative estimate of drug-likeness (QED) is 0.765. The molecule has 2 aromatic heterocycles. The summed E-state index contributed by atoms with van der Waals surface area (Å²) in [6, 6.07) is 9.12. The van der Waals surface area contributed by atoms with Crippen LogP contribution in [0.25, 0.3) is 11.4 Å². The summed E-state index contributed by atoms with van der Waals surface area (Å²) in [6.45, 7) is 3.09. The molecule has 2 amide bonds. The lowest BCUT2D eigenvalue weighted by molar-refractivity contribution is 0.220. The molecule has 2 unspecified atom stereocenters. The fourth-order valence-electron chi connectivity index (χ4n) is 3.19. The minimum Gasteiger partial charge on any atom is -0.339 e. The van der Waals surface area contributed by atoms with Crippen LogP contribution in [0.2, 0.25) is 0 Å². The van der Waals surface area contributed by atoms with Crippen molar-refractivity contribution in [2.45, 2.75) is 12.8 Å². The Morgan fingerprint density at radius 3 is 2.81 bits per heavy atom. The first kappa shape index (κ1) is 17.1. The number of hydrogen-bond acceptors (Lipinski definition) is 5. The van der Waals surface area contributed by atoms with Crippen LogP contribution in [0.3, 0.4) is 0 Å². The van der Waals surface area contributed by atoms with Crippen molar-refractivity contribution < 1.29 is 13.7 Å². The van der Waals surface area contributed by atoms with Crippen LogP contribution in [0.15, 0.2) is 53.3 Å². The molecule has 3 aromatic rings. The third kappa shape index (κ3) is 3.64. The van der Waals surface area contributed by atoms with Gasteiger partial charge < -0.3 is 14.7 Å². The number of pyridine rings is 1. The van der Waals surface area contributed by atoms with E-state index >= 15 is 0 Å². The molecular formula is C19H18FN5O2. The highest BCUT2D eigenvalue weighted by molar-refractivity contribution is 5.89. The second kappa shape index (κ2) is 7.14. The number of carbonyl (C=O) groups excluding carboxylic acids is 1. The van der Waals surface area contributed by atoms with E-state index in [9.17, 15) is 9.18 Å². The van der Waals surface area contributed by atoms with Gasteiger partial charge in [0, 0.05) is 36.7 Å². The monoisotopic (exact) mass is 367 g/mol. The number of likely N-dealkylation sites (tertiary alicyclic amines) is 1. The minimum absolute atomic E-state index is 0.0399. The Balaban J connectivity index is 1.44. The first-order chi connectivity index (χ1) is 13.1. The van der Waals surface area contributed by atoms with Gasteiger partial charge in [0.15, 0.2) is 0 Å². The van der Waals surface area contributed by atoms with Crippen molar-refractivity contribution in [2.75, 3.05) is 18.4 Å². The fraction of sp³-hybridized carbons (Fsp3) is 0.263.